The first-order valence-electron chi connectivity index (χ1n) is 6.55. The van der Waals surface area contributed by atoms with Gasteiger partial charge in [-0.2, -0.15) is 0 Å². The predicted molar refractivity (Wildman–Crippen MR) is 74.1 cm³/mol. The summed E-state index contributed by atoms with van der Waals surface area (Å²) in [4.78, 5) is 14.1. The normalized spacial score (nSPS) is 19.3. The number of nitrogens with zero attached hydrogens (tertiary/aromatic N) is 1. The van der Waals surface area contributed by atoms with Crippen molar-refractivity contribution in [2.45, 2.75) is 19.4 Å². The molecule has 1 aromatic carbocycles. The first kappa shape index (κ1) is 12.8. The van der Waals surface area contributed by atoms with Crippen LogP contribution in [-0.4, -0.2) is 36.5 Å². The molecule has 1 aromatic rings. The van der Waals surface area contributed by atoms with Gasteiger partial charge in [-0.15, -0.1) is 0 Å². The molecule has 0 saturated carbocycles. The highest BCUT2D eigenvalue weighted by molar-refractivity contribution is 5.92. The van der Waals surface area contributed by atoms with E-state index in [4.69, 9.17) is 0 Å². The van der Waals surface area contributed by atoms with Crippen LogP contribution >= 0.6 is 0 Å². The third-order valence-electron chi connectivity index (χ3n) is 3.32. The number of carbonyl (C=O) groups excluding carboxylic acids is 1. The molecule has 0 aromatic heterocycles. The van der Waals surface area contributed by atoms with Crippen LogP contribution in [0.2, 0.25) is 0 Å². The summed E-state index contributed by atoms with van der Waals surface area (Å²) in [5, 5.41) is 3.30. The first-order chi connectivity index (χ1) is 8.81. The Morgan fingerprint density at radius 3 is 2.83 bits per heavy atom. The predicted octanol–water partition coefficient (Wildman–Crippen LogP) is 1.91. The summed E-state index contributed by atoms with van der Waals surface area (Å²) in [7, 11) is 0. The number of benzene rings is 1. The number of amides is 1. The average Bonchev–Trinajstić information content (AvgIpc) is 2.92. The van der Waals surface area contributed by atoms with E-state index in [0.29, 0.717) is 6.04 Å². The Morgan fingerprint density at radius 1 is 1.44 bits per heavy atom. The summed E-state index contributed by atoms with van der Waals surface area (Å²) in [5.41, 5.74) is 1.06. The third kappa shape index (κ3) is 3.20. The molecule has 1 saturated heterocycles. The smallest absolute Gasteiger partial charge is 0.246 e. The molecule has 3 nitrogen and oxygen atoms in total. The molecule has 1 N–H and O–H groups in total. The Morgan fingerprint density at radius 2 is 2.22 bits per heavy atom. The van der Waals surface area contributed by atoms with Crippen LogP contribution in [0.1, 0.15) is 18.9 Å². The highest BCUT2D eigenvalue weighted by atomic mass is 16.2. The molecule has 1 fully saturated rings. The van der Waals surface area contributed by atoms with Crippen LogP contribution in [0.25, 0.3) is 6.08 Å². The van der Waals surface area contributed by atoms with E-state index >= 15 is 0 Å². The summed E-state index contributed by atoms with van der Waals surface area (Å²) in [5.74, 6) is 0.107. The fourth-order valence-electron chi connectivity index (χ4n) is 2.33. The second kappa shape index (κ2) is 6.36. The minimum atomic E-state index is 0.107. The van der Waals surface area contributed by atoms with Crippen LogP contribution in [0.15, 0.2) is 36.4 Å². The fraction of sp³-hybridized carbons (Fsp3) is 0.400. The van der Waals surface area contributed by atoms with Gasteiger partial charge in [0.2, 0.25) is 5.91 Å². The summed E-state index contributed by atoms with van der Waals surface area (Å²) in [6.07, 6.45) is 4.61. The van der Waals surface area contributed by atoms with Gasteiger partial charge < -0.3 is 10.2 Å². The molecule has 1 amide bonds. The number of nitrogens with one attached hydrogen (secondary N) is 1. The molecule has 1 atom stereocenters. The van der Waals surface area contributed by atoms with Crippen molar-refractivity contribution < 1.29 is 4.79 Å². The SMILES string of the molecule is CCN(C(=O)C=Cc1ccccc1)C1CCNC1. The third-order valence-corrected chi connectivity index (χ3v) is 3.32. The topological polar surface area (TPSA) is 32.3 Å². The van der Waals surface area contributed by atoms with Gasteiger partial charge >= 0.3 is 0 Å². The van der Waals surface area contributed by atoms with Gasteiger partial charge in [-0.1, -0.05) is 30.3 Å². The van der Waals surface area contributed by atoms with Crippen molar-refractivity contribution >= 4 is 12.0 Å². The lowest BCUT2D eigenvalue weighted by molar-refractivity contribution is -0.127. The standard InChI is InChI=1S/C15H20N2O/c1-2-17(14-10-11-16-12-14)15(18)9-8-13-6-4-3-5-7-13/h3-9,14,16H,2,10-12H2,1H3. The van der Waals surface area contributed by atoms with E-state index in [1.807, 2.05) is 48.2 Å². The van der Waals surface area contributed by atoms with Gasteiger partial charge in [0, 0.05) is 25.2 Å². The largest absolute Gasteiger partial charge is 0.335 e. The van der Waals surface area contributed by atoms with Gasteiger partial charge in [-0.05, 0) is 31.5 Å². The Labute approximate surface area is 108 Å². The van der Waals surface area contributed by atoms with E-state index in [1.165, 1.54) is 0 Å². The second-order valence-corrected chi connectivity index (χ2v) is 4.51. The van der Waals surface area contributed by atoms with E-state index in [2.05, 4.69) is 5.32 Å². The van der Waals surface area contributed by atoms with Crippen molar-refractivity contribution in [2.75, 3.05) is 19.6 Å². The minimum absolute atomic E-state index is 0.107. The maximum atomic E-state index is 12.1. The van der Waals surface area contributed by atoms with Gasteiger partial charge in [0.15, 0.2) is 0 Å². The maximum absolute atomic E-state index is 12.1. The number of likely N-dealkylation sites (N-methyl/N-ethyl adjacent to an activating group) is 1. The number of hydrogen-bond acceptors (Lipinski definition) is 2. The zero-order valence-electron chi connectivity index (χ0n) is 10.8. The minimum Gasteiger partial charge on any atom is -0.335 e. The van der Waals surface area contributed by atoms with Gasteiger partial charge in [0.1, 0.15) is 0 Å². The Hall–Kier alpha value is -1.61. The second-order valence-electron chi connectivity index (χ2n) is 4.51. The van der Waals surface area contributed by atoms with E-state index < -0.39 is 0 Å². The van der Waals surface area contributed by atoms with E-state index in [0.717, 1.165) is 31.6 Å². The van der Waals surface area contributed by atoms with Crippen molar-refractivity contribution in [1.29, 1.82) is 0 Å². The molecular weight excluding hydrogens is 224 g/mol. The zero-order valence-corrected chi connectivity index (χ0v) is 10.8. The van der Waals surface area contributed by atoms with Crippen LogP contribution in [-0.2, 0) is 4.79 Å². The van der Waals surface area contributed by atoms with Crippen molar-refractivity contribution in [3.8, 4) is 0 Å². The van der Waals surface area contributed by atoms with Crippen molar-refractivity contribution in [2.24, 2.45) is 0 Å². The molecule has 3 heteroatoms. The molecule has 18 heavy (non-hydrogen) atoms. The van der Waals surface area contributed by atoms with Crippen LogP contribution in [0.4, 0.5) is 0 Å². The van der Waals surface area contributed by atoms with Crippen LogP contribution in [0.5, 0.6) is 0 Å². The summed E-state index contributed by atoms with van der Waals surface area (Å²) >= 11 is 0. The Kier molecular flexibility index (Phi) is 4.53. The van der Waals surface area contributed by atoms with E-state index in [9.17, 15) is 4.79 Å². The fourth-order valence-corrected chi connectivity index (χ4v) is 2.33. The highest BCUT2D eigenvalue weighted by Crippen LogP contribution is 2.10. The molecule has 1 aliphatic rings. The quantitative estimate of drug-likeness (QED) is 0.821. The summed E-state index contributed by atoms with van der Waals surface area (Å²) in [6, 6.07) is 10.3. The molecule has 1 heterocycles. The zero-order chi connectivity index (χ0) is 12.8. The molecular formula is C15H20N2O. The molecule has 0 radical (unpaired) electrons. The number of rotatable bonds is 4. The van der Waals surface area contributed by atoms with E-state index in [-0.39, 0.29) is 5.91 Å². The Bertz CT molecular complexity index is 408. The first-order valence-corrected chi connectivity index (χ1v) is 6.55. The van der Waals surface area contributed by atoms with Crippen LogP contribution in [0.3, 0.4) is 0 Å². The molecule has 1 aliphatic heterocycles. The molecule has 0 bridgehead atoms. The average molecular weight is 244 g/mol. The molecule has 0 aliphatic carbocycles. The van der Waals surface area contributed by atoms with E-state index in [1.54, 1.807) is 6.08 Å². The highest BCUT2D eigenvalue weighted by Gasteiger charge is 2.23. The number of hydrogen-bond donors (Lipinski definition) is 1. The molecule has 96 valence electrons. The molecule has 1 unspecified atom stereocenters. The van der Waals surface area contributed by atoms with Gasteiger partial charge in [0.05, 0.1) is 0 Å². The lowest BCUT2D eigenvalue weighted by Crippen LogP contribution is -2.40. The lowest BCUT2D eigenvalue weighted by Gasteiger charge is -2.25. The maximum Gasteiger partial charge on any atom is 0.246 e. The molecule has 2 rings (SSSR count). The Balaban J connectivity index is 1.99. The lowest BCUT2D eigenvalue weighted by atomic mass is 10.2. The summed E-state index contributed by atoms with van der Waals surface area (Å²) in [6.45, 7) is 4.73. The van der Waals surface area contributed by atoms with Gasteiger partial charge in [0.25, 0.3) is 0 Å². The summed E-state index contributed by atoms with van der Waals surface area (Å²) < 4.78 is 0. The monoisotopic (exact) mass is 244 g/mol. The van der Waals surface area contributed by atoms with Crippen molar-refractivity contribution in [1.82, 2.24) is 10.2 Å². The van der Waals surface area contributed by atoms with Gasteiger partial charge in [-0.3, -0.25) is 4.79 Å². The van der Waals surface area contributed by atoms with Crippen LogP contribution < -0.4 is 5.32 Å². The van der Waals surface area contributed by atoms with Crippen molar-refractivity contribution in [3.05, 3.63) is 42.0 Å². The van der Waals surface area contributed by atoms with Crippen LogP contribution in [0, 0.1) is 0 Å². The van der Waals surface area contributed by atoms with Gasteiger partial charge in [-0.25, -0.2) is 0 Å². The number of carbonyl (C=O) groups is 1. The van der Waals surface area contributed by atoms with Crippen molar-refractivity contribution in [3.63, 3.8) is 0 Å². The molecule has 0 spiro atoms.